The number of halogens is 1. The molecule has 2 heteroatoms. The van der Waals surface area contributed by atoms with E-state index in [1.54, 1.807) is 6.07 Å². The molecule has 1 N–H and O–H groups in total. The summed E-state index contributed by atoms with van der Waals surface area (Å²) in [6.45, 7) is 4.15. The summed E-state index contributed by atoms with van der Waals surface area (Å²) in [5.41, 5.74) is 2.39. The van der Waals surface area contributed by atoms with E-state index in [0.717, 1.165) is 13.1 Å². The van der Waals surface area contributed by atoms with Gasteiger partial charge in [0.1, 0.15) is 5.82 Å². The lowest BCUT2D eigenvalue weighted by molar-refractivity contribution is 0.458. The van der Waals surface area contributed by atoms with E-state index in [0.29, 0.717) is 5.92 Å². The van der Waals surface area contributed by atoms with Crippen molar-refractivity contribution in [1.29, 1.82) is 0 Å². The molecule has 1 heterocycles. The zero-order valence-corrected chi connectivity index (χ0v) is 8.52. The van der Waals surface area contributed by atoms with Gasteiger partial charge in [0.05, 0.1) is 0 Å². The average Bonchev–Trinajstić information content (AvgIpc) is 2.23. The van der Waals surface area contributed by atoms with E-state index in [-0.39, 0.29) is 5.82 Å². The van der Waals surface area contributed by atoms with Gasteiger partial charge in [0.25, 0.3) is 0 Å². The van der Waals surface area contributed by atoms with Crippen molar-refractivity contribution in [1.82, 2.24) is 5.32 Å². The fraction of sp³-hybridized carbons (Fsp3) is 0.500. The lowest BCUT2D eigenvalue weighted by Gasteiger charge is -2.24. The average molecular weight is 193 g/mol. The molecule has 1 aromatic rings. The SMILES string of the molecule is Cc1ccc(F)cc1[C@@H]1CCCNC1. The number of aryl methyl sites for hydroxylation is 1. The normalized spacial score (nSPS) is 22.3. The molecule has 0 radical (unpaired) electrons. The van der Waals surface area contributed by atoms with Gasteiger partial charge in [-0.1, -0.05) is 6.07 Å². The van der Waals surface area contributed by atoms with Crippen molar-refractivity contribution >= 4 is 0 Å². The number of piperidine rings is 1. The molecule has 1 nitrogen and oxygen atoms in total. The van der Waals surface area contributed by atoms with Crippen LogP contribution in [0.25, 0.3) is 0 Å². The molecule has 0 unspecified atom stereocenters. The molecule has 1 saturated heterocycles. The molecule has 0 amide bonds. The van der Waals surface area contributed by atoms with Crippen molar-refractivity contribution in [3.63, 3.8) is 0 Å². The van der Waals surface area contributed by atoms with Crippen LogP contribution in [-0.4, -0.2) is 13.1 Å². The molecule has 2 rings (SSSR count). The Morgan fingerprint density at radius 2 is 2.29 bits per heavy atom. The molecule has 0 saturated carbocycles. The quantitative estimate of drug-likeness (QED) is 0.723. The van der Waals surface area contributed by atoms with Gasteiger partial charge in [-0.25, -0.2) is 4.39 Å². The van der Waals surface area contributed by atoms with Crippen LogP contribution in [-0.2, 0) is 0 Å². The molecule has 1 fully saturated rings. The molecule has 1 aromatic carbocycles. The fourth-order valence-corrected chi connectivity index (χ4v) is 2.17. The summed E-state index contributed by atoms with van der Waals surface area (Å²) in [5.74, 6) is 0.385. The molecule has 14 heavy (non-hydrogen) atoms. The zero-order valence-electron chi connectivity index (χ0n) is 8.52. The van der Waals surface area contributed by atoms with Crippen LogP contribution in [0.2, 0.25) is 0 Å². The van der Waals surface area contributed by atoms with Gasteiger partial charge >= 0.3 is 0 Å². The minimum Gasteiger partial charge on any atom is -0.316 e. The second-order valence-corrected chi connectivity index (χ2v) is 4.04. The van der Waals surface area contributed by atoms with Crippen LogP contribution in [0.15, 0.2) is 18.2 Å². The summed E-state index contributed by atoms with van der Waals surface area (Å²) in [5, 5.41) is 3.36. The Morgan fingerprint density at radius 1 is 1.43 bits per heavy atom. The molecule has 0 bridgehead atoms. The lowest BCUT2D eigenvalue weighted by Crippen LogP contribution is -2.28. The van der Waals surface area contributed by atoms with Crippen molar-refractivity contribution in [2.24, 2.45) is 0 Å². The molecule has 0 aliphatic carbocycles. The molecular weight excluding hydrogens is 177 g/mol. The number of hydrogen-bond acceptors (Lipinski definition) is 1. The zero-order chi connectivity index (χ0) is 9.97. The molecule has 76 valence electrons. The Balaban J connectivity index is 2.24. The van der Waals surface area contributed by atoms with Crippen LogP contribution in [0.5, 0.6) is 0 Å². The van der Waals surface area contributed by atoms with Gasteiger partial charge < -0.3 is 5.32 Å². The van der Waals surface area contributed by atoms with E-state index in [1.807, 2.05) is 6.07 Å². The molecule has 0 aromatic heterocycles. The topological polar surface area (TPSA) is 12.0 Å². The molecule has 1 aliphatic rings. The number of benzene rings is 1. The van der Waals surface area contributed by atoms with Gasteiger partial charge in [-0.2, -0.15) is 0 Å². The van der Waals surface area contributed by atoms with Gasteiger partial charge in [-0.15, -0.1) is 0 Å². The maximum absolute atomic E-state index is 13.1. The van der Waals surface area contributed by atoms with Crippen molar-refractivity contribution in [2.75, 3.05) is 13.1 Å². The van der Waals surface area contributed by atoms with E-state index >= 15 is 0 Å². The summed E-state index contributed by atoms with van der Waals surface area (Å²) >= 11 is 0. The predicted octanol–water partition coefficient (Wildman–Crippen LogP) is 2.60. The van der Waals surface area contributed by atoms with Crippen LogP contribution in [0.1, 0.15) is 29.9 Å². The highest BCUT2D eigenvalue weighted by Crippen LogP contribution is 2.26. The van der Waals surface area contributed by atoms with Crippen molar-refractivity contribution in [2.45, 2.75) is 25.7 Å². The van der Waals surface area contributed by atoms with Gasteiger partial charge in [0.15, 0.2) is 0 Å². The monoisotopic (exact) mass is 193 g/mol. The second kappa shape index (κ2) is 4.09. The van der Waals surface area contributed by atoms with Crippen LogP contribution >= 0.6 is 0 Å². The molecule has 0 spiro atoms. The van der Waals surface area contributed by atoms with E-state index in [1.165, 1.54) is 30.0 Å². The summed E-state index contributed by atoms with van der Waals surface area (Å²) in [4.78, 5) is 0. The summed E-state index contributed by atoms with van der Waals surface area (Å²) in [6, 6.07) is 5.10. The lowest BCUT2D eigenvalue weighted by atomic mass is 9.89. The highest BCUT2D eigenvalue weighted by molar-refractivity contribution is 5.30. The first-order valence-corrected chi connectivity index (χ1v) is 5.24. The fourth-order valence-electron chi connectivity index (χ4n) is 2.17. The van der Waals surface area contributed by atoms with Crippen LogP contribution in [0.3, 0.4) is 0 Å². The van der Waals surface area contributed by atoms with Crippen LogP contribution < -0.4 is 5.32 Å². The minimum atomic E-state index is -0.115. The standard InChI is InChI=1S/C12H16FN/c1-9-4-5-11(13)7-12(9)10-3-2-6-14-8-10/h4-5,7,10,14H,2-3,6,8H2,1H3/t10-/m1/s1. The highest BCUT2D eigenvalue weighted by Gasteiger charge is 2.17. The van der Waals surface area contributed by atoms with Gasteiger partial charge in [0, 0.05) is 6.54 Å². The smallest absolute Gasteiger partial charge is 0.123 e. The Hall–Kier alpha value is -0.890. The number of hydrogen-bond donors (Lipinski definition) is 1. The molecule has 1 atom stereocenters. The first-order chi connectivity index (χ1) is 6.77. The van der Waals surface area contributed by atoms with Gasteiger partial charge in [-0.3, -0.25) is 0 Å². The van der Waals surface area contributed by atoms with Gasteiger partial charge in [0.2, 0.25) is 0 Å². The van der Waals surface area contributed by atoms with Crippen molar-refractivity contribution < 1.29 is 4.39 Å². The van der Waals surface area contributed by atoms with E-state index in [2.05, 4.69) is 12.2 Å². The summed E-state index contributed by atoms with van der Waals surface area (Å²) < 4.78 is 13.1. The van der Waals surface area contributed by atoms with Crippen molar-refractivity contribution in [3.05, 3.63) is 35.1 Å². The second-order valence-electron chi connectivity index (χ2n) is 4.04. The third kappa shape index (κ3) is 1.95. The van der Waals surface area contributed by atoms with Crippen molar-refractivity contribution in [3.8, 4) is 0 Å². The van der Waals surface area contributed by atoms with E-state index in [9.17, 15) is 4.39 Å². The third-order valence-electron chi connectivity index (χ3n) is 2.98. The first kappa shape index (κ1) is 9.66. The van der Waals surface area contributed by atoms with Crippen LogP contribution in [0, 0.1) is 12.7 Å². The largest absolute Gasteiger partial charge is 0.316 e. The molecule has 1 aliphatic heterocycles. The highest BCUT2D eigenvalue weighted by atomic mass is 19.1. The third-order valence-corrected chi connectivity index (χ3v) is 2.98. The van der Waals surface area contributed by atoms with Crippen LogP contribution in [0.4, 0.5) is 4.39 Å². The predicted molar refractivity (Wildman–Crippen MR) is 56.0 cm³/mol. The Bertz CT molecular complexity index is 316. The number of rotatable bonds is 1. The Morgan fingerprint density at radius 3 is 3.00 bits per heavy atom. The maximum Gasteiger partial charge on any atom is 0.123 e. The summed E-state index contributed by atoms with van der Waals surface area (Å²) in [6.07, 6.45) is 2.37. The first-order valence-electron chi connectivity index (χ1n) is 5.24. The maximum atomic E-state index is 13.1. The van der Waals surface area contributed by atoms with Gasteiger partial charge in [-0.05, 0) is 55.5 Å². The Kier molecular flexibility index (Phi) is 2.82. The Labute approximate surface area is 84.3 Å². The number of nitrogens with one attached hydrogen (secondary N) is 1. The van der Waals surface area contributed by atoms with E-state index < -0.39 is 0 Å². The minimum absolute atomic E-state index is 0.115. The summed E-state index contributed by atoms with van der Waals surface area (Å²) in [7, 11) is 0. The van der Waals surface area contributed by atoms with E-state index in [4.69, 9.17) is 0 Å². The molecular formula is C12H16FN.